The minimum absolute atomic E-state index is 0.283. The number of aromatic nitrogens is 2. The molecule has 2 N–H and O–H groups in total. The van der Waals surface area contributed by atoms with Crippen molar-refractivity contribution < 1.29 is 0 Å². The highest BCUT2D eigenvalue weighted by Crippen LogP contribution is 2.33. The Balaban J connectivity index is 1.88. The fraction of sp³-hybridized carbons (Fsp3) is 0.667. The molecule has 2 heterocycles. The highest BCUT2D eigenvalue weighted by atomic mass is 15.4. The summed E-state index contributed by atoms with van der Waals surface area (Å²) in [5.41, 5.74) is 7.26. The lowest BCUT2D eigenvalue weighted by Crippen LogP contribution is -2.43. The Labute approximate surface area is 101 Å². The molecule has 0 saturated heterocycles. The van der Waals surface area contributed by atoms with Crippen molar-refractivity contribution in [1.29, 1.82) is 0 Å². The molecule has 1 unspecified atom stereocenters. The summed E-state index contributed by atoms with van der Waals surface area (Å²) in [5, 5.41) is 0. The normalized spacial score (nSPS) is 25.6. The predicted octanol–water partition coefficient (Wildman–Crippen LogP) is 1.03. The average molecular weight is 233 g/mol. The van der Waals surface area contributed by atoms with Gasteiger partial charge in [-0.05, 0) is 12.8 Å². The van der Waals surface area contributed by atoms with E-state index in [-0.39, 0.29) is 6.04 Å². The second-order valence-corrected chi connectivity index (χ2v) is 4.99. The Hall–Kier alpha value is -1.52. The van der Waals surface area contributed by atoms with Crippen LogP contribution in [0, 0.1) is 0 Å². The number of hydrogen-bond donors (Lipinski definition) is 1. The van der Waals surface area contributed by atoms with Crippen molar-refractivity contribution in [2.24, 2.45) is 17.8 Å². The SMILES string of the molecule is Cn1cncc1C1CN=C(N)N1C1CCCC1. The third kappa shape index (κ3) is 1.69. The molecule has 5 heteroatoms. The van der Waals surface area contributed by atoms with E-state index in [1.807, 2.05) is 19.6 Å². The van der Waals surface area contributed by atoms with Crippen LogP contribution in [0.4, 0.5) is 0 Å². The highest BCUT2D eigenvalue weighted by Gasteiger charge is 2.35. The highest BCUT2D eigenvalue weighted by molar-refractivity contribution is 5.80. The molecule has 0 bridgehead atoms. The zero-order chi connectivity index (χ0) is 11.8. The van der Waals surface area contributed by atoms with Gasteiger partial charge in [0.1, 0.15) is 0 Å². The van der Waals surface area contributed by atoms with Crippen LogP contribution in [-0.2, 0) is 7.05 Å². The molecule has 1 saturated carbocycles. The lowest BCUT2D eigenvalue weighted by molar-refractivity contribution is 0.255. The van der Waals surface area contributed by atoms with Crippen LogP contribution in [0.5, 0.6) is 0 Å². The Morgan fingerprint density at radius 1 is 1.35 bits per heavy atom. The molecule has 1 aromatic rings. The first-order valence-electron chi connectivity index (χ1n) is 6.32. The molecule has 1 aromatic heterocycles. The fourth-order valence-corrected chi connectivity index (χ4v) is 3.06. The summed E-state index contributed by atoms with van der Waals surface area (Å²) in [7, 11) is 2.03. The molecule has 0 aromatic carbocycles. The van der Waals surface area contributed by atoms with Crippen molar-refractivity contribution in [3.8, 4) is 0 Å². The topological polar surface area (TPSA) is 59.4 Å². The van der Waals surface area contributed by atoms with Crippen LogP contribution < -0.4 is 5.73 Å². The minimum atomic E-state index is 0.283. The number of aliphatic imine (C=N–C) groups is 1. The Bertz CT molecular complexity index is 430. The molecule has 92 valence electrons. The number of imidazole rings is 1. The number of nitrogens with zero attached hydrogens (tertiary/aromatic N) is 4. The summed E-state index contributed by atoms with van der Waals surface area (Å²) in [6.45, 7) is 0.766. The zero-order valence-electron chi connectivity index (χ0n) is 10.2. The molecular weight excluding hydrogens is 214 g/mol. The van der Waals surface area contributed by atoms with Gasteiger partial charge in [-0.25, -0.2) is 4.98 Å². The Morgan fingerprint density at radius 3 is 2.76 bits per heavy atom. The van der Waals surface area contributed by atoms with Gasteiger partial charge in [-0.1, -0.05) is 12.8 Å². The second-order valence-electron chi connectivity index (χ2n) is 4.99. The van der Waals surface area contributed by atoms with E-state index in [2.05, 4.69) is 19.4 Å². The predicted molar refractivity (Wildman–Crippen MR) is 66.5 cm³/mol. The fourth-order valence-electron chi connectivity index (χ4n) is 3.06. The molecule has 2 aliphatic rings. The van der Waals surface area contributed by atoms with Crippen LogP contribution in [0.25, 0.3) is 0 Å². The molecule has 0 amide bonds. The first-order valence-corrected chi connectivity index (χ1v) is 6.32. The summed E-state index contributed by atoms with van der Waals surface area (Å²) in [5.74, 6) is 0.711. The number of aryl methyl sites for hydroxylation is 1. The average Bonchev–Trinajstić information content (AvgIpc) is 2.98. The lowest BCUT2D eigenvalue weighted by Gasteiger charge is -2.32. The van der Waals surface area contributed by atoms with Crippen molar-refractivity contribution in [3.63, 3.8) is 0 Å². The van der Waals surface area contributed by atoms with Gasteiger partial charge in [-0.15, -0.1) is 0 Å². The third-order valence-electron chi connectivity index (χ3n) is 3.94. The van der Waals surface area contributed by atoms with E-state index in [0.29, 0.717) is 12.0 Å². The standard InChI is InChI=1S/C12H19N5/c1-16-8-14-6-10(16)11-7-15-12(13)17(11)9-4-2-3-5-9/h6,8-9,11H,2-5,7H2,1H3,(H2,13,15). The molecule has 1 aliphatic heterocycles. The monoisotopic (exact) mass is 233 g/mol. The quantitative estimate of drug-likeness (QED) is 0.830. The third-order valence-corrected chi connectivity index (χ3v) is 3.94. The van der Waals surface area contributed by atoms with Crippen molar-refractivity contribution in [1.82, 2.24) is 14.5 Å². The van der Waals surface area contributed by atoms with Crippen LogP contribution in [0.15, 0.2) is 17.5 Å². The van der Waals surface area contributed by atoms with Gasteiger partial charge in [-0.2, -0.15) is 0 Å². The van der Waals surface area contributed by atoms with Gasteiger partial charge in [-0.3, -0.25) is 4.99 Å². The van der Waals surface area contributed by atoms with E-state index in [9.17, 15) is 0 Å². The molecule has 0 spiro atoms. The molecular formula is C12H19N5. The van der Waals surface area contributed by atoms with Gasteiger partial charge in [0.25, 0.3) is 0 Å². The van der Waals surface area contributed by atoms with Gasteiger partial charge in [0, 0.05) is 13.1 Å². The first kappa shape index (κ1) is 10.6. The molecule has 1 aliphatic carbocycles. The molecule has 1 fully saturated rings. The van der Waals surface area contributed by atoms with Gasteiger partial charge < -0.3 is 15.2 Å². The van der Waals surface area contributed by atoms with Gasteiger partial charge >= 0.3 is 0 Å². The van der Waals surface area contributed by atoms with Gasteiger partial charge in [0.15, 0.2) is 5.96 Å². The van der Waals surface area contributed by atoms with Crippen molar-refractivity contribution in [3.05, 3.63) is 18.2 Å². The maximum Gasteiger partial charge on any atom is 0.192 e. The summed E-state index contributed by atoms with van der Waals surface area (Å²) >= 11 is 0. The largest absolute Gasteiger partial charge is 0.370 e. The molecule has 3 rings (SSSR count). The molecule has 1 atom stereocenters. The van der Waals surface area contributed by atoms with Crippen molar-refractivity contribution >= 4 is 5.96 Å². The van der Waals surface area contributed by atoms with Gasteiger partial charge in [0.05, 0.1) is 30.8 Å². The van der Waals surface area contributed by atoms with Crippen LogP contribution in [0.1, 0.15) is 37.4 Å². The van der Waals surface area contributed by atoms with E-state index in [0.717, 1.165) is 6.54 Å². The Morgan fingerprint density at radius 2 is 2.12 bits per heavy atom. The second kappa shape index (κ2) is 4.05. The van der Waals surface area contributed by atoms with E-state index < -0.39 is 0 Å². The number of rotatable bonds is 2. The summed E-state index contributed by atoms with van der Waals surface area (Å²) in [6, 6.07) is 0.853. The van der Waals surface area contributed by atoms with E-state index >= 15 is 0 Å². The smallest absolute Gasteiger partial charge is 0.192 e. The van der Waals surface area contributed by atoms with Crippen molar-refractivity contribution in [2.45, 2.75) is 37.8 Å². The number of nitrogens with two attached hydrogens (primary N) is 1. The first-order chi connectivity index (χ1) is 8.27. The van der Waals surface area contributed by atoms with Crippen LogP contribution >= 0.6 is 0 Å². The maximum atomic E-state index is 6.05. The molecule has 0 radical (unpaired) electrons. The summed E-state index contributed by atoms with van der Waals surface area (Å²) in [6.07, 6.45) is 8.88. The van der Waals surface area contributed by atoms with Crippen molar-refractivity contribution in [2.75, 3.05) is 6.54 Å². The molecule has 17 heavy (non-hydrogen) atoms. The van der Waals surface area contributed by atoms with Gasteiger partial charge in [0.2, 0.25) is 0 Å². The lowest BCUT2D eigenvalue weighted by atomic mass is 10.1. The molecule has 5 nitrogen and oxygen atoms in total. The summed E-state index contributed by atoms with van der Waals surface area (Å²) < 4.78 is 2.07. The van der Waals surface area contributed by atoms with Crippen LogP contribution in [0.3, 0.4) is 0 Å². The minimum Gasteiger partial charge on any atom is -0.370 e. The van der Waals surface area contributed by atoms with Crippen LogP contribution in [-0.4, -0.2) is 33.0 Å². The number of hydrogen-bond acceptors (Lipinski definition) is 4. The van der Waals surface area contributed by atoms with E-state index in [1.165, 1.54) is 31.4 Å². The summed E-state index contributed by atoms with van der Waals surface area (Å²) in [4.78, 5) is 10.9. The van der Waals surface area contributed by atoms with Crippen LogP contribution in [0.2, 0.25) is 0 Å². The number of guanidine groups is 1. The maximum absolute atomic E-state index is 6.05. The zero-order valence-corrected chi connectivity index (χ0v) is 10.2. The van der Waals surface area contributed by atoms with E-state index in [4.69, 9.17) is 5.73 Å². The Kier molecular flexibility index (Phi) is 2.53. The van der Waals surface area contributed by atoms with E-state index in [1.54, 1.807) is 0 Å².